The van der Waals surface area contributed by atoms with Crippen molar-refractivity contribution >= 4 is 11.8 Å². The van der Waals surface area contributed by atoms with Crippen LogP contribution in [0.1, 0.15) is 41.0 Å². The van der Waals surface area contributed by atoms with Gasteiger partial charge in [0.15, 0.2) is 11.5 Å². The van der Waals surface area contributed by atoms with Crippen molar-refractivity contribution in [1.82, 2.24) is 31.1 Å². The number of carbonyl (C=O) groups excluding carboxylic acids is 2. The average molecular weight is 424 g/mol. The molecule has 0 atom stereocenters. The minimum atomic E-state index is -0.514. The molecule has 31 heavy (non-hydrogen) atoms. The van der Waals surface area contributed by atoms with Crippen molar-refractivity contribution < 1.29 is 19.1 Å². The molecular weight excluding hydrogens is 400 g/mol. The number of methoxy groups -OCH3 is 1. The number of nitrogens with zero attached hydrogens (tertiary/aromatic N) is 4. The Kier molecular flexibility index (Phi) is 7.15. The summed E-state index contributed by atoms with van der Waals surface area (Å²) >= 11 is 0. The highest BCUT2D eigenvalue weighted by molar-refractivity contribution is 6.01. The molecule has 1 aromatic heterocycles. The van der Waals surface area contributed by atoms with E-state index in [1.807, 2.05) is 0 Å². The van der Waals surface area contributed by atoms with Gasteiger partial charge in [0.2, 0.25) is 0 Å². The minimum absolute atomic E-state index is 0.293. The summed E-state index contributed by atoms with van der Waals surface area (Å²) < 4.78 is 12.4. The Balaban J connectivity index is 1.65. The van der Waals surface area contributed by atoms with Crippen LogP contribution in [0.15, 0.2) is 48.8 Å². The quantitative estimate of drug-likeness (QED) is 0.532. The maximum Gasteiger partial charge on any atom is 0.271 e. The molecule has 2 amide bonds. The zero-order chi connectivity index (χ0) is 22.2. The van der Waals surface area contributed by atoms with Crippen molar-refractivity contribution in [2.24, 2.45) is 5.92 Å². The number of hydrogen-bond acceptors (Lipinski definition) is 7. The van der Waals surface area contributed by atoms with E-state index in [-0.39, 0.29) is 0 Å². The molecule has 0 aliphatic rings. The van der Waals surface area contributed by atoms with E-state index >= 15 is 0 Å². The fourth-order valence-corrected chi connectivity index (χ4v) is 2.72. The summed E-state index contributed by atoms with van der Waals surface area (Å²) in [7, 11) is 1.50. The highest BCUT2D eigenvalue weighted by Crippen LogP contribution is 2.28. The molecule has 10 heteroatoms. The standard InChI is InChI=1S/C21H24N6O4/c1-14(2)10-11-31-18-9-8-15(12-19(18)30-3)20(28)23-24-21(29)16-6-4-5-7-17(16)27-13-22-25-26-27/h4-9,12-14H,10-11H2,1-3H3,(H,23,28)(H,24,29). The molecule has 3 aromatic rings. The summed E-state index contributed by atoms with van der Waals surface area (Å²) in [6, 6.07) is 11.6. The molecule has 0 spiro atoms. The maximum atomic E-state index is 12.6. The van der Waals surface area contributed by atoms with Gasteiger partial charge in [-0.1, -0.05) is 26.0 Å². The number of hydrazine groups is 1. The van der Waals surface area contributed by atoms with Gasteiger partial charge in [-0.15, -0.1) is 5.10 Å². The van der Waals surface area contributed by atoms with Gasteiger partial charge in [0.25, 0.3) is 11.8 Å². The van der Waals surface area contributed by atoms with E-state index in [1.54, 1.807) is 42.5 Å². The van der Waals surface area contributed by atoms with E-state index in [0.717, 1.165) is 6.42 Å². The molecule has 2 aromatic carbocycles. The van der Waals surface area contributed by atoms with Gasteiger partial charge >= 0.3 is 0 Å². The summed E-state index contributed by atoms with van der Waals surface area (Å²) in [6.45, 7) is 4.78. The molecule has 0 saturated heterocycles. The molecule has 0 unspecified atom stereocenters. The van der Waals surface area contributed by atoms with E-state index in [0.29, 0.717) is 40.8 Å². The number of tetrazole rings is 1. The van der Waals surface area contributed by atoms with Crippen LogP contribution in [0.3, 0.4) is 0 Å². The number of rotatable bonds is 8. The van der Waals surface area contributed by atoms with Crippen molar-refractivity contribution in [2.45, 2.75) is 20.3 Å². The molecule has 1 heterocycles. The van der Waals surface area contributed by atoms with E-state index in [9.17, 15) is 9.59 Å². The van der Waals surface area contributed by atoms with Gasteiger partial charge in [0.1, 0.15) is 6.33 Å². The Labute approximate surface area is 179 Å². The van der Waals surface area contributed by atoms with Crippen LogP contribution in [0.5, 0.6) is 11.5 Å². The second kappa shape index (κ2) is 10.2. The second-order valence-corrected chi connectivity index (χ2v) is 7.08. The van der Waals surface area contributed by atoms with Crippen molar-refractivity contribution in [3.05, 3.63) is 59.9 Å². The largest absolute Gasteiger partial charge is 0.493 e. The van der Waals surface area contributed by atoms with E-state index in [4.69, 9.17) is 9.47 Å². The average Bonchev–Trinajstić information content (AvgIpc) is 3.32. The predicted octanol–water partition coefficient (Wildman–Crippen LogP) is 2.17. The van der Waals surface area contributed by atoms with E-state index in [2.05, 4.69) is 40.2 Å². The van der Waals surface area contributed by atoms with Gasteiger partial charge in [0.05, 0.1) is 25.0 Å². The SMILES string of the molecule is COc1cc(C(=O)NNC(=O)c2ccccc2-n2cnnn2)ccc1OCCC(C)C. The van der Waals surface area contributed by atoms with Crippen molar-refractivity contribution in [2.75, 3.05) is 13.7 Å². The lowest BCUT2D eigenvalue weighted by Gasteiger charge is -2.14. The topological polar surface area (TPSA) is 120 Å². The highest BCUT2D eigenvalue weighted by Gasteiger charge is 2.16. The zero-order valence-corrected chi connectivity index (χ0v) is 17.5. The molecule has 3 rings (SSSR count). The number of amides is 2. The summed E-state index contributed by atoms with van der Waals surface area (Å²) in [5.74, 6) is 0.497. The number of aromatic nitrogens is 4. The van der Waals surface area contributed by atoms with Gasteiger partial charge < -0.3 is 9.47 Å². The molecule has 0 aliphatic heterocycles. The Morgan fingerprint density at radius 1 is 1.06 bits per heavy atom. The first-order chi connectivity index (χ1) is 15.0. The van der Waals surface area contributed by atoms with Crippen molar-refractivity contribution in [1.29, 1.82) is 0 Å². The first kappa shape index (κ1) is 21.8. The lowest BCUT2D eigenvalue weighted by atomic mass is 10.1. The number of carbonyl (C=O) groups is 2. The zero-order valence-electron chi connectivity index (χ0n) is 17.5. The van der Waals surface area contributed by atoms with Gasteiger partial charge in [0, 0.05) is 5.56 Å². The Bertz CT molecular complexity index is 1040. The van der Waals surface area contributed by atoms with Crippen LogP contribution < -0.4 is 20.3 Å². The summed E-state index contributed by atoms with van der Waals surface area (Å²) in [4.78, 5) is 25.1. The number of para-hydroxylation sites is 1. The summed E-state index contributed by atoms with van der Waals surface area (Å²) in [6.07, 6.45) is 2.28. The second-order valence-electron chi connectivity index (χ2n) is 7.08. The lowest BCUT2D eigenvalue weighted by molar-refractivity contribution is 0.0846. The van der Waals surface area contributed by atoms with Crippen molar-refractivity contribution in [3.8, 4) is 17.2 Å². The van der Waals surface area contributed by atoms with Gasteiger partial charge in [-0.2, -0.15) is 4.68 Å². The molecule has 162 valence electrons. The predicted molar refractivity (Wildman–Crippen MR) is 112 cm³/mol. The third-order valence-corrected chi connectivity index (χ3v) is 4.41. The van der Waals surface area contributed by atoms with Crippen LogP contribution in [0.2, 0.25) is 0 Å². The number of benzene rings is 2. The van der Waals surface area contributed by atoms with Crippen LogP contribution in [0.4, 0.5) is 0 Å². The van der Waals surface area contributed by atoms with Gasteiger partial charge in [-0.05, 0) is 53.1 Å². The highest BCUT2D eigenvalue weighted by atomic mass is 16.5. The van der Waals surface area contributed by atoms with Crippen LogP contribution in [0, 0.1) is 5.92 Å². The molecule has 0 bridgehead atoms. The molecular formula is C21H24N6O4. The molecule has 0 saturated carbocycles. The molecule has 0 aliphatic carbocycles. The third-order valence-electron chi connectivity index (χ3n) is 4.41. The first-order valence-electron chi connectivity index (χ1n) is 9.73. The summed E-state index contributed by atoms with van der Waals surface area (Å²) in [5.41, 5.74) is 5.89. The van der Waals surface area contributed by atoms with E-state index < -0.39 is 11.8 Å². The maximum absolute atomic E-state index is 12.6. The van der Waals surface area contributed by atoms with Crippen LogP contribution in [-0.4, -0.2) is 45.7 Å². The number of nitrogens with one attached hydrogen (secondary N) is 2. The number of hydrogen-bond donors (Lipinski definition) is 2. The van der Waals surface area contributed by atoms with Crippen molar-refractivity contribution in [3.63, 3.8) is 0 Å². The Morgan fingerprint density at radius 2 is 1.84 bits per heavy atom. The van der Waals surface area contributed by atoms with Gasteiger partial charge in [-0.3, -0.25) is 20.4 Å². The Morgan fingerprint density at radius 3 is 2.55 bits per heavy atom. The number of ether oxygens (including phenoxy) is 2. The monoisotopic (exact) mass is 424 g/mol. The van der Waals surface area contributed by atoms with Crippen LogP contribution in [-0.2, 0) is 0 Å². The fourth-order valence-electron chi connectivity index (χ4n) is 2.72. The van der Waals surface area contributed by atoms with Crippen LogP contribution in [0.25, 0.3) is 5.69 Å². The molecule has 2 N–H and O–H groups in total. The molecule has 0 fully saturated rings. The van der Waals surface area contributed by atoms with E-state index in [1.165, 1.54) is 18.1 Å². The fraction of sp³-hybridized carbons (Fsp3) is 0.286. The lowest BCUT2D eigenvalue weighted by Crippen LogP contribution is -2.42. The minimum Gasteiger partial charge on any atom is -0.493 e. The first-order valence-corrected chi connectivity index (χ1v) is 9.73. The summed E-state index contributed by atoms with van der Waals surface area (Å²) in [5, 5.41) is 10.9. The molecule has 10 nitrogen and oxygen atoms in total. The normalized spacial score (nSPS) is 10.6. The van der Waals surface area contributed by atoms with Gasteiger partial charge in [-0.25, -0.2) is 0 Å². The molecule has 0 radical (unpaired) electrons. The van der Waals surface area contributed by atoms with Crippen LogP contribution >= 0.6 is 0 Å². The smallest absolute Gasteiger partial charge is 0.271 e. The third kappa shape index (κ3) is 5.56. The Hall–Kier alpha value is -3.95.